The van der Waals surface area contributed by atoms with Gasteiger partial charge in [0, 0.05) is 18.5 Å². The maximum absolute atomic E-state index is 12.1. The Morgan fingerprint density at radius 1 is 1.33 bits per heavy atom. The van der Waals surface area contributed by atoms with Crippen LogP contribution in [-0.4, -0.2) is 43.3 Å². The highest BCUT2D eigenvalue weighted by Gasteiger charge is 2.17. The van der Waals surface area contributed by atoms with Crippen LogP contribution in [0.1, 0.15) is 18.5 Å². The summed E-state index contributed by atoms with van der Waals surface area (Å²) in [4.78, 5) is 28.4. The Hall–Kier alpha value is -2.65. The van der Waals surface area contributed by atoms with E-state index in [2.05, 4.69) is 20.9 Å². The van der Waals surface area contributed by atoms with Crippen LogP contribution in [0.4, 0.5) is 15.6 Å². The molecule has 1 atom stereocenters. The molecule has 3 N–H and O–H groups in total. The number of urea groups is 1. The van der Waals surface area contributed by atoms with Gasteiger partial charge < -0.3 is 20.1 Å². The maximum Gasteiger partial charge on any atom is 0.325 e. The van der Waals surface area contributed by atoms with Crippen molar-refractivity contribution < 1.29 is 19.1 Å². The van der Waals surface area contributed by atoms with Crippen molar-refractivity contribution in [3.63, 3.8) is 0 Å². The van der Waals surface area contributed by atoms with Crippen molar-refractivity contribution in [1.82, 2.24) is 10.3 Å². The molecule has 144 valence electrons. The molecule has 1 aromatic heterocycles. The average Bonchev–Trinajstić information content (AvgIpc) is 3.32. The number of carbonyl (C=O) groups excluding carboxylic acids is 2. The SMILES string of the molecule is COc1ccccc1NC(=O)Nc1nc(CC(=O)NC[C@@H]2CCCO2)cs1. The van der Waals surface area contributed by atoms with Crippen LogP contribution in [-0.2, 0) is 16.0 Å². The van der Waals surface area contributed by atoms with E-state index in [0.717, 1.165) is 19.4 Å². The number of nitrogens with one attached hydrogen (secondary N) is 3. The average molecular weight is 390 g/mol. The number of rotatable bonds is 7. The summed E-state index contributed by atoms with van der Waals surface area (Å²) in [5.74, 6) is 0.455. The van der Waals surface area contributed by atoms with Crippen LogP contribution >= 0.6 is 11.3 Å². The van der Waals surface area contributed by atoms with Crippen molar-refractivity contribution in [3.05, 3.63) is 35.3 Å². The number of aromatic nitrogens is 1. The fourth-order valence-electron chi connectivity index (χ4n) is 2.70. The van der Waals surface area contributed by atoms with E-state index in [1.165, 1.54) is 18.4 Å². The lowest BCUT2D eigenvalue weighted by Crippen LogP contribution is -2.32. The maximum atomic E-state index is 12.1. The first-order valence-electron chi connectivity index (χ1n) is 8.68. The first-order chi connectivity index (χ1) is 13.1. The van der Waals surface area contributed by atoms with Gasteiger partial charge in [0.1, 0.15) is 5.75 Å². The molecule has 9 heteroatoms. The molecule has 1 saturated heterocycles. The number of anilines is 2. The monoisotopic (exact) mass is 390 g/mol. The number of hydrogen-bond donors (Lipinski definition) is 3. The highest BCUT2D eigenvalue weighted by molar-refractivity contribution is 7.14. The normalized spacial score (nSPS) is 16.0. The van der Waals surface area contributed by atoms with Gasteiger partial charge in [-0.2, -0.15) is 0 Å². The molecule has 0 saturated carbocycles. The van der Waals surface area contributed by atoms with Gasteiger partial charge in [-0.25, -0.2) is 9.78 Å². The first-order valence-corrected chi connectivity index (χ1v) is 9.55. The van der Waals surface area contributed by atoms with Gasteiger partial charge in [-0.1, -0.05) is 12.1 Å². The Morgan fingerprint density at radius 2 is 2.19 bits per heavy atom. The van der Waals surface area contributed by atoms with Crippen LogP contribution in [0.5, 0.6) is 5.75 Å². The molecule has 1 fully saturated rings. The van der Waals surface area contributed by atoms with Crippen molar-refractivity contribution in [2.75, 3.05) is 30.9 Å². The number of nitrogens with zero attached hydrogens (tertiary/aromatic N) is 1. The van der Waals surface area contributed by atoms with Crippen molar-refractivity contribution in [1.29, 1.82) is 0 Å². The van der Waals surface area contributed by atoms with Gasteiger partial charge >= 0.3 is 6.03 Å². The third kappa shape index (κ3) is 5.66. The first kappa shape index (κ1) is 19.1. The van der Waals surface area contributed by atoms with Gasteiger partial charge in [0.2, 0.25) is 5.91 Å². The summed E-state index contributed by atoms with van der Waals surface area (Å²) in [5.41, 5.74) is 1.17. The number of thiazole rings is 1. The molecule has 3 rings (SSSR count). The summed E-state index contributed by atoms with van der Waals surface area (Å²) in [6.45, 7) is 1.29. The number of benzene rings is 1. The minimum Gasteiger partial charge on any atom is -0.495 e. The zero-order valence-electron chi connectivity index (χ0n) is 15.0. The van der Waals surface area contributed by atoms with Crippen molar-refractivity contribution in [2.45, 2.75) is 25.4 Å². The molecule has 3 amide bonds. The topological polar surface area (TPSA) is 102 Å². The Morgan fingerprint density at radius 3 is 2.96 bits per heavy atom. The number of ether oxygens (including phenoxy) is 2. The Balaban J connectivity index is 1.47. The van der Waals surface area contributed by atoms with Gasteiger partial charge in [0.05, 0.1) is 31.0 Å². The van der Waals surface area contributed by atoms with Crippen molar-refractivity contribution in [3.8, 4) is 5.75 Å². The summed E-state index contributed by atoms with van der Waals surface area (Å²) in [7, 11) is 1.54. The molecule has 0 aliphatic carbocycles. The molecule has 27 heavy (non-hydrogen) atoms. The lowest BCUT2D eigenvalue weighted by atomic mass is 10.2. The molecule has 0 spiro atoms. The molecule has 2 aromatic rings. The van der Waals surface area contributed by atoms with Gasteiger partial charge in [-0.15, -0.1) is 11.3 Å². The second-order valence-electron chi connectivity index (χ2n) is 6.04. The smallest absolute Gasteiger partial charge is 0.325 e. The predicted molar refractivity (Wildman–Crippen MR) is 103 cm³/mol. The zero-order valence-corrected chi connectivity index (χ0v) is 15.8. The van der Waals surface area contributed by atoms with Gasteiger partial charge in [0.25, 0.3) is 0 Å². The van der Waals surface area contributed by atoms with Crippen LogP contribution in [0.2, 0.25) is 0 Å². The molecule has 8 nitrogen and oxygen atoms in total. The van der Waals surface area contributed by atoms with Crippen molar-refractivity contribution in [2.24, 2.45) is 0 Å². The van der Waals surface area contributed by atoms with Gasteiger partial charge in [-0.3, -0.25) is 10.1 Å². The van der Waals surface area contributed by atoms with Crippen LogP contribution in [0.25, 0.3) is 0 Å². The highest BCUT2D eigenvalue weighted by atomic mass is 32.1. The van der Waals surface area contributed by atoms with E-state index in [-0.39, 0.29) is 18.4 Å². The molecule has 2 heterocycles. The molecular weight excluding hydrogens is 368 g/mol. The summed E-state index contributed by atoms with van der Waals surface area (Å²) in [5, 5.41) is 10.4. The quantitative estimate of drug-likeness (QED) is 0.675. The molecule has 0 bridgehead atoms. The minimum absolute atomic E-state index is 0.110. The van der Waals surface area contributed by atoms with E-state index in [1.54, 1.807) is 23.6 Å². The molecule has 1 aliphatic rings. The molecule has 0 unspecified atom stereocenters. The molecule has 1 aliphatic heterocycles. The second kappa shape index (κ2) is 9.33. The highest BCUT2D eigenvalue weighted by Crippen LogP contribution is 2.23. The summed E-state index contributed by atoms with van der Waals surface area (Å²) < 4.78 is 10.7. The molecule has 0 radical (unpaired) electrons. The summed E-state index contributed by atoms with van der Waals surface area (Å²) >= 11 is 1.26. The Labute approximate surface area is 161 Å². The fourth-order valence-corrected chi connectivity index (χ4v) is 3.41. The van der Waals surface area contributed by atoms with Crippen LogP contribution < -0.4 is 20.7 Å². The van der Waals surface area contributed by atoms with Crippen LogP contribution in [0.3, 0.4) is 0 Å². The van der Waals surface area contributed by atoms with E-state index >= 15 is 0 Å². The number of carbonyl (C=O) groups is 2. The van der Waals surface area contributed by atoms with Crippen LogP contribution in [0, 0.1) is 0 Å². The van der Waals surface area contributed by atoms with E-state index in [4.69, 9.17) is 9.47 Å². The lowest BCUT2D eigenvalue weighted by Gasteiger charge is -2.10. The molecule has 1 aromatic carbocycles. The standard InChI is InChI=1S/C18H22N4O4S/c1-25-15-7-3-2-6-14(15)21-17(24)22-18-20-12(11-27-18)9-16(23)19-10-13-5-4-8-26-13/h2-3,6-7,11,13H,4-5,8-10H2,1H3,(H,19,23)(H2,20,21,22,24)/t13-/m0/s1. The number of hydrogen-bond acceptors (Lipinski definition) is 6. The Kier molecular flexibility index (Phi) is 6.61. The summed E-state index contributed by atoms with van der Waals surface area (Å²) in [6.07, 6.45) is 2.30. The Bertz CT molecular complexity index is 789. The van der Waals surface area contributed by atoms with Crippen LogP contribution in [0.15, 0.2) is 29.6 Å². The lowest BCUT2D eigenvalue weighted by molar-refractivity contribution is -0.121. The minimum atomic E-state index is -0.428. The summed E-state index contributed by atoms with van der Waals surface area (Å²) in [6, 6.07) is 6.69. The largest absolute Gasteiger partial charge is 0.495 e. The number of methoxy groups -OCH3 is 1. The van der Waals surface area contributed by atoms with Crippen molar-refractivity contribution >= 4 is 34.1 Å². The predicted octanol–water partition coefficient (Wildman–Crippen LogP) is 2.63. The number of amides is 3. The third-order valence-corrected chi connectivity index (χ3v) is 4.83. The van der Waals surface area contributed by atoms with Gasteiger partial charge in [-0.05, 0) is 25.0 Å². The second-order valence-corrected chi connectivity index (χ2v) is 6.90. The van der Waals surface area contributed by atoms with E-state index < -0.39 is 6.03 Å². The van der Waals surface area contributed by atoms with E-state index in [9.17, 15) is 9.59 Å². The molecular formula is C18H22N4O4S. The van der Waals surface area contributed by atoms with E-state index in [0.29, 0.717) is 28.8 Å². The van der Waals surface area contributed by atoms with Gasteiger partial charge in [0.15, 0.2) is 5.13 Å². The fraction of sp³-hybridized carbons (Fsp3) is 0.389. The third-order valence-electron chi connectivity index (χ3n) is 4.02. The number of para-hydroxylation sites is 2. The van der Waals surface area contributed by atoms with E-state index in [1.807, 2.05) is 6.07 Å². The zero-order chi connectivity index (χ0) is 19.1.